The Morgan fingerprint density at radius 1 is 0.516 bits per heavy atom. The second-order valence-corrected chi connectivity index (χ2v) is 9.68. The highest BCUT2D eigenvalue weighted by Gasteiger charge is 2.01. The summed E-state index contributed by atoms with van der Waals surface area (Å²) < 4.78 is 0. The number of hydrogen-bond donors (Lipinski definition) is 1. The lowest BCUT2D eigenvalue weighted by Gasteiger charge is -2.06. The number of carbonyl (C=O) groups is 1. The van der Waals surface area contributed by atoms with Crippen LogP contribution in [0.2, 0.25) is 0 Å². The molecule has 2 heteroatoms. The largest absolute Gasteiger partial charge is 0.356 e. The zero-order valence-electron chi connectivity index (χ0n) is 21.7. The number of carbonyl (C=O) groups excluding carboxylic acids is 1. The van der Waals surface area contributed by atoms with Crippen LogP contribution in [0.4, 0.5) is 0 Å². The molecule has 0 aliphatic heterocycles. The van der Waals surface area contributed by atoms with Crippen molar-refractivity contribution >= 4 is 5.91 Å². The second-order valence-electron chi connectivity index (χ2n) is 9.68. The zero-order chi connectivity index (χ0) is 22.7. The van der Waals surface area contributed by atoms with Crippen LogP contribution in [0.5, 0.6) is 0 Å². The Morgan fingerprint density at radius 2 is 0.903 bits per heavy atom. The summed E-state index contributed by atoms with van der Waals surface area (Å²) in [6, 6.07) is 0. The smallest absolute Gasteiger partial charge is 0.219 e. The van der Waals surface area contributed by atoms with Crippen molar-refractivity contribution in [2.24, 2.45) is 0 Å². The van der Waals surface area contributed by atoms with Crippen LogP contribution in [0.25, 0.3) is 0 Å². The van der Waals surface area contributed by atoms with Crippen molar-refractivity contribution in [3.05, 3.63) is 6.42 Å². The average Bonchev–Trinajstić information content (AvgIpc) is 2.77. The minimum absolute atomic E-state index is 0.253. The second kappa shape index (κ2) is 27.5. The van der Waals surface area contributed by atoms with Crippen molar-refractivity contribution in [1.82, 2.24) is 5.32 Å². The number of hydrogen-bond acceptors (Lipinski definition) is 1. The molecule has 185 valence electrons. The third-order valence-corrected chi connectivity index (χ3v) is 6.44. The van der Waals surface area contributed by atoms with E-state index in [0.717, 1.165) is 25.8 Å². The molecule has 0 unspecified atom stereocenters. The monoisotopic (exact) mass is 436 g/mol. The molecule has 0 rings (SSSR count). The standard InChI is InChI=1S/C29H58NO/c1-3-5-7-9-11-13-15-16-18-20-22-24-26-28-30-29(31)27-25-23-21-19-17-14-12-10-8-6-4-2/h24H,3-23,25-28H2,1-2H3,(H,30,31). The van der Waals surface area contributed by atoms with E-state index in [2.05, 4.69) is 25.6 Å². The van der Waals surface area contributed by atoms with Crippen molar-refractivity contribution < 1.29 is 4.79 Å². The minimum Gasteiger partial charge on any atom is -0.356 e. The van der Waals surface area contributed by atoms with Gasteiger partial charge in [0.05, 0.1) is 0 Å². The van der Waals surface area contributed by atoms with Gasteiger partial charge in [-0.15, -0.1) is 0 Å². The topological polar surface area (TPSA) is 29.1 Å². The molecular weight excluding hydrogens is 378 g/mol. The van der Waals surface area contributed by atoms with Crippen LogP contribution in [0.3, 0.4) is 0 Å². The first-order chi connectivity index (χ1) is 15.3. The van der Waals surface area contributed by atoms with E-state index in [1.165, 1.54) is 135 Å². The summed E-state index contributed by atoms with van der Waals surface area (Å²) in [7, 11) is 0. The van der Waals surface area contributed by atoms with E-state index in [1.54, 1.807) is 0 Å². The summed E-state index contributed by atoms with van der Waals surface area (Å²) in [4.78, 5) is 11.9. The van der Waals surface area contributed by atoms with Crippen molar-refractivity contribution in [1.29, 1.82) is 0 Å². The Kier molecular flexibility index (Phi) is 27.0. The van der Waals surface area contributed by atoms with E-state index >= 15 is 0 Å². The van der Waals surface area contributed by atoms with Gasteiger partial charge in [-0.3, -0.25) is 4.79 Å². The van der Waals surface area contributed by atoms with Gasteiger partial charge in [0.15, 0.2) is 0 Å². The quantitative estimate of drug-likeness (QED) is 0.134. The molecule has 0 fully saturated rings. The Hall–Kier alpha value is -0.530. The molecule has 0 saturated heterocycles. The first-order valence-electron chi connectivity index (χ1n) is 14.4. The molecule has 0 aromatic rings. The van der Waals surface area contributed by atoms with Crippen molar-refractivity contribution in [3.63, 3.8) is 0 Å². The predicted molar refractivity (Wildman–Crippen MR) is 139 cm³/mol. The van der Waals surface area contributed by atoms with Crippen LogP contribution in [0.1, 0.15) is 168 Å². The molecule has 0 aliphatic rings. The summed E-state index contributed by atoms with van der Waals surface area (Å²) in [5.41, 5.74) is 0. The normalized spacial score (nSPS) is 11.2. The summed E-state index contributed by atoms with van der Waals surface area (Å²) in [5, 5.41) is 3.09. The molecule has 2 nitrogen and oxygen atoms in total. The number of unbranched alkanes of at least 4 members (excludes halogenated alkanes) is 22. The van der Waals surface area contributed by atoms with E-state index in [0.29, 0.717) is 0 Å². The fourth-order valence-electron chi connectivity index (χ4n) is 4.27. The van der Waals surface area contributed by atoms with Crippen molar-refractivity contribution in [3.8, 4) is 0 Å². The minimum atomic E-state index is 0.253. The third kappa shape index (κ3) is 27.4. The van der Waals surface area contributed by atoms with Crippen molar-refractivity contribution in [2.75, 3.05) is 6.54 Å². The molecule has 0 atom stereocenters. The van der Waals surface area contributed by atoms with Gasteiger partial charge in [0.25, 0.3) is 0 Å². The van der Waals surface area contributed by atoms with Gasteiger partial charge in [0.1, 0.15) is 0 Å². The Bertz CT molecular complexity index is 342. The molecular formula is C29H58NO. The van der Waals surface area contributed by atoms with E-state index in [1.807, 2.05) is 0 Å². The summed E-state index contributed by atoms with van der Waals surface area (Å²) in [6.45, 7) is 5.39. The highest BCUT2D eigenvalue weighted by Crippen LogP contribution is 2.13. The van der Waals surface area contributed by atoms with Gasteiger partial charge in [-0.25, -0.2) is 0 Å². The fraction of sp³-hybridized carbons (Fsp3) is 0.931. The number of nitrogens with one attached hydrogen (secondary N) is 1. The van der Waals surface area contributed by atoms with Crippen LogP contribution in [-0.2, 0) is 4.79 Å². The molecule has 0 aromatic carbocycles. The van der Waals surface area contributed by atoms with Gasteiger partial charge < -0.3 is 5.32 Å². The lowest BCUT2D eigenvalue weighted by atomic mass is 10.0. The lowest BCUT2D eigenvalue weighted by molar-refractivity contribution is -0.121. The van der Waals surface area contributed by atoms with Gasteiger partial charge in [0, 0.05) is 13.0 Å². The first kappa shape index (κ1) is 30.5. The Balaban J connectivity index is 3.13. The maximum atomic E-state index is 11.9. The van der Waals surface area contributed by atoms with E-state index in [4.69, 9.17) is 0 Å². The van der Waals surface area contributed by atoms with Crippen LogP contribution in [-0.4, -0.2) is 12.5 Å². The first-order valence-corrected chi connectivity index (χ1v) is 14.4. The fourth-order valence-corrected chi connectivity index (χ4v) is 4.27. The molecule has 0 spiro atoms. The van der Waals surface area contributed by atoms with Crippen LogP contribution >= 0.6 is 0 Å². The molecule has 0 heterocycles. The maximum Gasteiger partial charge on any atom is 0.219 e. The van der Waals surface area contributed by atoms with Gasteiger partial charge >= 0.3 is 0 Å². The third-order valence-electron chi connectivity index (χ3n) is 6.44. The molecule has 1 amide bonds. The van der Waals surface area contributed by atoms with Crippen LogP contribution in [0, 0.1) is 6.42 Å². The number of amides is 1. The zero-order valence-corrected chi connectivity index (χ0v) is 21.7. The highest BCUT2D eigenvalue weighted by atomic mass is 16.1. The lowest BCUT2D eigenvalue weighted by Crippen LogP contribution is -2.24. The van der Waals surface area contributed by atoms with Gasteiger partial charge in [-0.2, -0.15) is 0 Å². The molecule has 1 N–H and O–H groups in total. The molecule has 0 aromatic heterocycles. The molecule has 31 heavy (non-hydrogen) atoms. The maximum absolute atomic E-state index is 11.9. The average molecular weight is 437 g/mol. The van der Waals surface area contributed by atoms with Crippen LogP contribution < -0.4 is 5.32 Å². The van der Waals surface area contributed by atoms with E-state index in [9.17, 15) is 4.79 Å². The van der Waals surface area contributed by atoms with Gasteiger partial charge in [0.2, 0.25) is 5.91 Å². The summed E-state index contributed by atoms with van der Waals surface area (Å²) >= 11 is 0. The predicted octanol–water partition coefficient (Wildman–Crippen LogP) is 9.71. The Labute approximate surface area is 197 Å². The van der Waals surface area contributed by atoms with Crippen molar-refractivity contribution in [2.45, 2.75) is 168 Å². The molecule has 0 saturated carbocycles. The highest BCUT2D eigenvalue weighted by molar-refractivity contribution is 5.75. The van der Waals surface area contributed by atoms with Gasteiger partial charge in [-0.1, -0.05) is 149 Å². The van der Waals surface area contributed by atoms with Crippen LogP contribution in [0.15, 0.2) is 0 Å². The molecule has 0 aliphatic carbocycles. The SMILES string of the molecule is CCCCCCCCCCCC[CH]CCNC(=O)CCCCCCCCCCCCC. The molecule has 1 radical (unpaired) electrons. The Morgan fingerprint density at radius 3 is 1.35 bits per heavy atom. The molecule has 0 bridgehead atoms. The van der Waals surface area contributed by atoms with E-state index < -0.39 is 0 Å². The van der Waals surface area contributed by atoms with Gasteiger partial charge in [-0.05, 0) is 19.3 Å². The van der Waals surface area contributed by atoms with E-state index in [-0.39, 0.29) is 5.91 Å². The summed E-state index contributed by atoms with van der Waals surface area (Å²) in [6.07, 6.45) is 34.0. The summed E-state index contributed by atoms with van der Waals surface area (Å²) in [5.74, 6) is 0.253. The number of rotatable bonds is 26.